The van der Waals surface area contributed by atoms with Gasteiger partial charge in [-0.15, -0.1) is 7.05 Å². The van der Waals surface area contributed by atoms with Crippen LogP contribution >= 0.6 is 0 Å². The molecule has 0 fully saturated rings. The lowest BCUT2D eigenvalue weighted by molar-refractivity contribution is 0.539. The summed E-state index contributed by atoms with van der Waals surface area (Å²) in [5, 5.41) is 0. The van der Waals surface area contributed by atoms with E-state index in [0.717, 1.165) is 4.57 Å². The monoisotopic (exact) mass is 149 g/mol. The topological polar surface area (TPSA) is 48.0 Å². The maximum atomic E-state index is 10.8. The minimum atomic E-state index is -0.487. The van der Waals surface area contributed by atoms with Gasteiger partial charge >= 0.3 is 5.76 Å². The Kier molecular flexibility index (Phi) is 1.03. The second-order valence-electron chi connectivity index (χ2n) is 2.12. The van der Waals surface area contributed by atoms with E-state index >= 15 is 0 Å². The Bertz CT molecular complexity index is 441. The van der Waals surface area contributed by atoms with E-state index in [1.807, 2.05) is 0 Å². The molecule has 2 aromatic heterocycles. The fourth-order valence-corrected chi connectivity index (χ4v) is 0.900. The van der Waals surface area contributed by atoms with Crippen molar-refractivity contribution in [1.82, 2.24) is 9.55 Å². The van der Waals surface area contributed by atoms with Crippen LogP contribution in [-0.4, -0.2) is 9.55 Å². The first-order chi connectivity index (χ1) is 5.29. The van der Waals surface area contributed by atoms with E-state index in [1.165, 1.54) is 0 Å². The number of hydrogen-bond acceptors (Lipinski definition) is 3. The minimum absolute atomic E-state index is 0.465. The quantitative estimate of drug-likeness (QED) is 0.516. The zero-order valence-electron chi connectivity index (χ0n) is 5.65. The molecule has 0 aliphatic rings. The summed E-state index contributed by atoms with van der Waals surface area (Å²) in [6, 6.07) is 3.37. The normalized spacial score (nSPS) is 10.5. The van der Waals surface area contributed by atoms with Crippen LogP contribution in [-0.2, 0) is 0 Å². The molecule has 0 aromatic carbocycles. The molecule has 0 unspecified atom stereocenters. The molecule has 4 nitrogen and oxygen atoms in total. The molecule has 0 aliphatic carbocycles. The Balaban J connectivity index is 3.04. The van der Waals surface area contributed by atoms with Crippen molar-refractivity contribution in [1.29, 1.82) is 0 Å². The summed E-state index contributed by atoms with van der Waals surface area (Å²) < 4.78 is 5.90. The van der Waals surface area contributed by atoms with Crippen molar-refractivity contribution in [3.63, 3.8) is 0 Å². The standard InChI is InChI=1S/C7H5N2O2/c1-9-6-5(11-7(9)10)3-2-4-8-6/h2-4H,1H2/q-1. The number of aromatic nitrogens is 2. The zero-order valence-corrected chi connectivity index (χ0v) is 5.65. The van der Waals surface area contributed by atoms with Crippen molar-refractivity contribution in [2.45, 2.75) is 0 Å². The summed E-state index contributed by atoms with van der Waals surface area (Å²) in [7, 11) is 3.46. The van der Waals surface area contributed by atoms with Gasteiger partial charge in [0.2, 0.25) is 0 Å². The molecule has 2 rings (SSSR count). The van der Waals surface area contributed by atoms with Gasteiger partial charge in [-0.25, -0.2) is 0 Å². The first-order valence-electron chi connectivity index (χ1n) is 3.06. The van der Waals surface area contributed by atoms with Gasteiger partial charge in [-0.1, -0.05) is 0 Å². The lowest BCUT2D eigenvalue weighted by atomic mass is 10.5. The van der Waals surface area contributed by atoms with Gasteiger partial charge in [0.15, 0.2) is 0 Å². The number of hydrogen-bond donors (Lipinski definition) is 0. The summed E-state index contributed by atoms with van der Waals surface area (Å²) in [5.74, 6) is -0.487. The van der Waals surface area contributed by atoms with E-state index in [9.17, 15) is 4.79 Å². The van der Waals surface area contributed by atoms with Crippen molar-refractivity contribution in [3.05, 3.63) is 35.9 Å². The van der Waals surface area contributed by atoms with Gasteiger partial charge in [-0.2, -0.15) is 0 Å². The van der Waals surface area contributed by atoms with E-state index in [2.05, 4.69) is 12.0 Å². The van der Waals surface area contributed by atoms with Crippen molar-refractivity contribution in [2.24, 2.45) is 0 Å². The Morgan fingerprint density at radius 3 is 3.18 bits per heavy atom. The van der Waals surface area contributed by atoms with E-state index in [-0.39, 0.29) is 0 Å². The predicted octanol–water partition coefficient (Wildman–Crippen LogP) is 0.629. The van der Waals surface area contributed by atoms with Crippen LogP contribution in [0.15, 0.2) is 27.5 Å². The third-order valence-corrected chi connectivity index (χ3v) is 1.42. The SMILES string of the molecule is [CH2-]n1c(=O)oc2cccnc21. The average molecular weight is 149 g/mol. The van der Waals surface area contributed by atoms with Crippen LogP contribution in [0.5, 0.6) is 0 Å². The summed E-state index contributed by atoms with van der Waals surface area (Å²) in [5.41, 5.74) is 0.935. The van der Waals surface area contributed by atoms with Crippen LogP contribution in [0, 0.1) is 7.05 Å². The van der Waals surface area contributed by atoms with Crippen LogP contribution in [0.25, 0.3) is 11.2 Å². The van der Waals surface area contributed by atoms with Gasteiger partial charge in [0.1, 0.15) is 5.58 Å². The molecular formula is C7H5N2O2-. The minimum Gasteiger partial charge on any atom is -0.477 e. The number of nitrogens with zero attached hydrogens (tertiary/aromatic N) is 2. The Labute approximate surface area is 62.1 Å². The fourth-order valence-electron chi connectivity index (χ4n) is 0.900. The van der Waals surface area contributed by atoms with Crippen molar-refractivity contribution in [2.75, 3.05) is 0 Å². The van der Waals surface area contributed by atoms with E-state index in [1.54, 1.807) is 18.3 Å². The number of rotatable bonds is 0. The van der Waals surface area contributed by atoms with Crippen molar-refractivity contribution in [3.8, 4) is 0 Å². The maximum Gasteiger partial charge on any atom is 0.305 e. The molecule has 4 heteroatoms. The summed E-state index contributed by atoms with van der Waals surface area (Å²) in [4.78, 5) is 14.7. The summed E-state index contributed by atoms with van der Waals surface area (Å²) in [6.45, 7) is 0. The maximum absolute atomic E-state index is 10.8. The molecule has 0 bridgehead atoms. The third-order valence-electron chi connectivity index (χ3n) is 1.42. The molecule has 11 heavy (non-hydrogen) atoms. The number of pyridine rings is 1. The lowest BCUT2D eigenvalue weighted by Crippen LogP contribution is -2.06. The summed E-state index contributed by atoms with van der Waals surface area (Å²) in [6.07, 6.45) is 1.58. The van der Waals surface area contributed by atoms with E-state index in [0.29, 0.717) is 11.2 Å². The zero-order chi connectivity index (χ0) is 7.84. The molecular weight excluding hydrogens is 144 g/mol. The molecule has 0 saturated carbocycles. The molecule has 0 saturated heterocycles. The van der Waals surface area contributed by atoms with Gasteiger partial charge in [0.05, 0.1) is 5.65 Å². The highest BCUT2D eigenvalue weighted by molar-refractivity contribution is 5.67. The molecule has 0 aliphatic heterocycles. The van der Waals surface area contributed by atoms with Gasteiger partial charge in [0, 0.05) is 6.20 Å². The molecule has 2 aromatic rings. The average Bonchev–Trinajstić information content (AvgIpc) is 2.30. The molecule has 0 N–H and O–H groups in total. The van der Waals surface area contributed by atoms with Gasteiger partial charge in [-0.05, 0) is 12.1 Å². The number of oxazole rings is 1. The second-order valence-corrected chi connectivity index (χ2v) is 2.12. The van der Waals surface area contributed by atoms with Gasteiger partial charge in [0.25, 0.3) is 0 Å². The van der Waals surface area contributed by atoms with Gasteiger partial charge in [-0.3, -0.25) is 4.98 Å². The highest BCUT2D eigenvalue weighted by Crippen LogP contribution is 2.06. The van der Waals surface area contributed by atoms with Crippen LogP contribution in [0.4, 0.5) is 0 Å². The van der Waals surface area contributed by atoms with Crippen LogP contribution in [0.1, 0.15) is 0 Å². The molecule has 56 valence electrons. The first-order valence-corrected chi connectivity index (χ1v) is 3.06. The van der Waals surface area contributed by atoms with Crippen LogP contribution in [0.2, 0.25) is 0 Å². The highest BCUT2D eigenvalue weighted by Gasteiger charge is 1.94. The van der Waals surface area contributed by atoms with Crippen molar-refractivity contribution < 1.29 is 4.42 Å². The third kappa shape index (κ3) is 0.724. The van der Waals surface area contributed by atoms with Crippen LogP contribution < -0.4 is 5.76 Å². The summed E-state index contributed by atoms with van der Waals surface area (Å²) >= 11 is 0. The Morgan fingerprint density at radius 2 is 2.45 bits per heavy atom. The van der Waals surface area contributed by atoms with Crippen LogP contribution in [0.3, 0.4) is 0 Å². The Hall–Kier alpha value is -1.71. The van der Waals surface area contributed by atoms with Gasteiger partial charge < -0.3 is 13.8 Å². The Morgan fingerprint density at radius 1 is 1.64 bits per heavy atom. The van der Waals surface area contributed by atoms with E-state index < -0.39 is 5.76 Å². The largest absolute Gasteiger partial charge is 0.477 e. The predicted molar refractivity (Wildman–Crippen MR) is 39.0 cm³/mol. The second kappa shape index (κ2) is 1.88. The van der Waals surface area contributed by atoms with E-state index in [4.69, 9.17) is 4.42 Å². The molecule has 0 radical (unpaired) electrons. The lowest BCUT2D eigenvalue weighted by Gasteiger charge is -1.95. The smallest absolute Gasteiger partial charge is 0.305 e. The fraction of sp³-hybridized carbons (Fsp3) is 0. The van der Waals surface area contributed by atoms with Crippen molar-refractivity contribution >= 4 is 11.2 Å². The number of fused-ring (bicyclic) bond motifs is 1. The molecule has 0 spiro atoms. The first kappa shape index (κ1) is 6.03. The molecule has 0 amide bonds. The highest BCUT2D eigenvalue weighted by atomic mass is 16.4. The molecule has 0 atom stereocenters. The molecule has 2 heterocycles.